The summed E-state index contributed by atoms with van der Waals surface area (Å²) in [5.41, 5.74) is 3.42. The Hall–Kier alpha value is -3.70. The van der Waals surface area contributed by atoms with Crippen LogP contribution in [0, 0.1) is 0 Å². The van der Waals surface area contributed by atoms with E-state index in [1.807, 2.05) is 42.6 Å². The number of carbonyl (C=O) groups is 1. The molecule has 0 aliphatic rings. The second kappa shape index (κ2) is 7.50. The fourth-order valence-electron chi connectivity index (χ4n) is 3.23. The highest BCUT2D eigenvalue weighted by Crippen LogP contribution is 2.29. The summed E-state index contributed by atoms with van der Waals surface area (Å²) in [5.74, 6) is -0.624. The largest absolute Gasteiger partial charge is 0.372 e. The van der Waals surface area contributed by atoms with Crippen LogP contribution in [0.15, 0.2) is 96.2 Å². The molecule has 138 valence electrons. The van der Waals surface area contributed by atoms with Gasteiger partial charge in [0.25, 0.3) is 5.91 Å². The van der Waals surface area contributed by atoms with E-state index in [0.29, 0.717) is 11.1 Å². The molecule has 28 heavy (non-hydrogen) atoms. The van der Waals surface area contributed by atoms with Gasteiger partial charge < -0.3 is 10.1 Å². The van der Waals surface area contributed by atoms with Crippen LogP contribution in [0.2, 0.25) is 0 Å². The number of hydrogen-bond acceptors (Lipinski definition) is 3. The van der Waals surface area contributed by atoms with Crippen LogP contribution in [-0.4, -0.2) is 22.2 Å². The van der Waals surface area contributed by atoms with Crippen LogP contribution in [0.25, 0.3) is 10.9 Å². The van der Waals surface area contributed by atoms with E-state index in [0.717, 1.165) is 16.5 Å². The van der Waals surface area contributed by atoms with Crippen molar-refractivity contribution < 1.29 is 9.90 Å². The number of nitrogens with one attached hydrogen (secondary N) is 2. The molecule has 4 aromatic rings. The third-order valence-corrected chi connectivity index (χ3v) is 4.70. The molecule has 3 aromatic carbocycles. The fraction of sp³-hybridized carbons (Fsp3) is 0.0435. The second-order valence-electron chi connectivity index (χ2n) is 6.43. The van der Waals surface area contributed by atoms with Gasteiger partial charge in [0.1, 0.15) is 0 Å². The van der Waals surface area contributed by atoms with Gasteiger partial charge in [0, 0.05) is 22.7 Å². The maximum Gasteiger partial charge on any atom is 0.281 e. The smallest absolute Gasteiger partial charge is 0.281 e. The van der Waals surface area contributed by atoms with Gasteiger partial charge in [-0.3, -0.25) is 4.79 Å². The summed E-state index contributed by atoms with van der Waals surface area (Å²) in [5, 5.41) is 16.4. The van der Waals surface area contributed by atoms with Crippen molar-refractivity contribution in [1.29, 1.82) is 0 Å². The molecule has 5 heteroatoms. The maximum absolute atomic E-state index is 13.0. The molecule has 1 heterocycles. The number of rotatable bonds is 5. The van der Waals surface area contributed by atoms with Crippen molar-refractivity contribution in [1.82, 2.24) is 10.4 Å². The minimum atomic E-state index is -1.85. The van der Waals surface area contributed by atoms with Gasteiger partial charge in [-0.05, 0) is 17.2 Å². The Bertz CT molecular complexity index is 1080. The third kappa shape index (κ3) is 3.19. The van der Waals surface area contributed by atoms with Gasteiger partial charge in [-0.1, -0.05) is 78.9 Å². The molecule has 0 fully saturated rings. The predicted octanol–water partition coefficient (Wildman–Crippen LogP) is 3.55. The zero-order valence-corrected chi connectivity index (χ0v) is 15.0. The van der Waals surface area contributed by atoms with E-state index < -0.39 is 11.5 Å². The number of aromatic amines is 1. The molecule has 0 bridgehead atoms. The maximum atomic E-state index is 13.0. The van der Waals surface area contributed by atoms with Crippen LogP contribution in [0.1, 0.15) is 16.7 Å². The zero-order valence-electron chi connectivity index (χ0n) is 15.0. The lowest BCUT2D eigenvalue weighted by molar-refractivity contribution is -0.136. The molecular weight excluding hydrogens is 350 g/mol. The van der Waals surface area contributed by atoms with Crippen LogP contribution in [-0.2, 0) is 10.4 Å². The SMILES string of the molecule is O=C(NN=Cc1c[nH]c2ccccc12)C(O)(c1ccccc1)c1ccccc1. The number of amides is 1. The lowest BCUT2D eigenvalue weighted by Crippen LogP contribution is -2.43. The molecule has 4 rings (SSSR count). The van der Waals surface area contributed by atoms with Crippen molar-refractivity contribution in [3.05, 3.63) is 108 Å². The summed E-state index contributed by atoms with van der Waals surface area (Å²) in [4.78, 5) is 16.1. The number of aromatic nitrogens is 1. The second-order valence-corrected chi connectivity index (χ2v) is 6.43. The zero-order chi connectivity index (χ0) is 19.4. The van der Waals surface area contributed by atoms with Gasteiger partial charge in [0.2, 0.25) is 0 Å². The Morgan fingerprint density at radius 3 is 2.11 bits per heavy atom. The molecule has 1 aromatic heterocycles. The molecule has 3 N–H and O–H groups in total. The molecule has 0 saturated carbocycles. The van der Waals surface area contributed by atoms with Crippen molar-refractivity contribution in [2.75, 3.05) is 0 Å². The minimum absolute atomic E-state index is 0.473. The van der Waals surface area contributed by atoms with Crippen molar-refractivity contribution >= 4 is 23.0 Å². The first-order valence-electron chi connectivity index (χ1n) is 8.92. The molecule has 0 spiro atoms. The van der Waals surface area contributed by atoms with Gasteiger partial charge >= 0.3 is 0 Å². The van der Waals surface area contributed by atoms with Gasteiger partial charge in [-0.2, -0.15) is 5.10 Å². The summed E-state index contributed by atoms with van der Waals surface area (Å²) < 4.78 is 0. The van der Waals surface area contributed by atoms with E-state index in [9.17, 15) is 9.90 Å². The van der Waals surface area contributed by atoms with E-state index in [4.69, 9.17) is 0 Å². The Labute approximate surface area is 162 Å². The van der Waals surface area contributed by atoms with Crippen molar-refractivity contribution in [2.24, 2.45) is 5.10 Å². The molecular formula is C23H19N3O2. The molecule has 0 unspecified atom stereocenters. The number of benzene rings is 3. The first-order chi connectivity index (χ1) is 13.7. The Kier molecular flexibility index (Phi) is 4.74. The summed E-state index contributed by atoms with van der Waals surface area (Å²) in [6.07, 6.45) is 3.38. The summed E-state index contributed by atoms with van der Waals surface area (Å²) in [6.45, 7) is 0. The summed E-state index contributed by atoms with van der Waals surface area (Å²) in [6, 6.07) is 25.5. The standard InChI is InChI=1S/C23H19N3O2/c27-22(26-25-16-17-15-24-21-14-8-7-13-20(17)21)23(28,18-9-3-1-4-10-18)19-11-5-2-6-12-19/h1-16,24,28H,(H,26,27). The van der Waals surface area contributed by atoms with Crippen LogP contribution >= 0.6 is 0 Å². The van der Waals surface area contributed by atoms with Crippen molar-refractivity contribution in [2.45, 2.75) is 5.60 Å². The van der Waals surface area contributed by atoms with E-state index in [2.05, 4.69) is 15.5 Å². The van der Waals surface area contributed by atoms with Crippen molar-refractivity contribution in [3.8, 4) is 0 Å². The van der Waals surface area contributed by atoms with Crippen LogP contribution in [0.4, 0.5) is 0 Å². The molecule has 0 aliphatic heterocycles. The molecule has 0 aliphatic carbocycles. The monoisotopic (exact) mass is 369 g/mol. The predicted molar refractivity (Wildman–Crippen MR) is 110 cm³/mol. The third-order valence-electron chi connectivity index (χ3n) is 4.70. The number of fused-ring (bicyclic) bond motifs is 1. The van der Waals surface area contributed by atoms with Gasteiger partial charge in [-0.15, -0.1) is 0 Å². The van der Waals surface area contributed by atoms with Crippen LogP contribution in [0.5, 0.6) is 0 Å². The van der Waals surface area contributed by atoms with Crippen LogP contribution < -0.4 is 5.43 Å². The highest BCUT2D eigenvalue weighted by atomic mass is 16.3. The lowest BCUT2D eigenvalue weighted by atomic mass is 9.85. The average Bonchev–Trinajstić information content (AvgIpc) is 3.17. The molecule has 0 radical (unpaired) electrons. The minimum Gasteiger partial charge on any atom is -0.372 e. The Morgan fingerprint density at radius 2 is 1.46 bits per heavy atom. The number of aliphatic hydroxyl groups is 1. The van der Waals surface area contributed by atoms with E-state index in [-0.39, 0.29) is 0 Å². The summed E-state index contributed by atoms with van der Waals surface area (Å²) in [7, 11) is 0. The number of para-hydroxylation sites is 1. The number of carbonyl (C=O) groups excluding carboxylic acids is 1. The number of hydrogen-bond donors (Lipinski definition) is 3. The first kappa shape index (κ1) is 17.7. The first-order valence-corrected chi connectivity index (χ1v) is 8.92. The molecule has 0 saturated heterocycles. The highest BCUT2D eigenvalue weighted by Gasteiger charge is 2.39. The summed E-state index contributed by atoms with van der Waals surface area (Å²) >= 11 is 0. The number of nitrogens with zero attached hydrogens (tertiary/aromatic N) is 1. The number of H-pyrrole nitrogens is 1. The van der Waals surface area contributed by atoms with Gasteiger partial charge in [0.05, 0.1) is 6.21 Å². The highest BCUT2D eigenvalue weighted by molar-refractivity contribution is 5.99. The normalized spacial score (nSPS) is 11.8. The van der Waals surface area contributed by atoms with E-state index in [1.165, 1.54) is 0 Å². The Morgan fingerprint density at radius 1 is 0.893 bits per heavy atom. The average molecular weight is 369 g/mol. The molecule has 5 nitrogen and oxygen atoms in total. The Balaban J connectivity index is 1.63. The van der Waals surface area contributed by atoms with Crippen LogP contribution in [0.3, 0.4) is 0 Å². The lowest BCUT2D eigenvalue weighted by Gasteiger charge is -2.27. The molecule has 1 amide bonds. The molecule has 0 atom stereocenters. The fourth-order valence-corrected chi connectivity index (χ4v) is 3.23. The van der Waals surface area contributed by atoms with Crippen molar-refractivity contribution in [3.63, 3.8) is 0 Å². The quantitative estimate of drug-likeness (QED) is 0.372. The van der Waals surface area contributed by atoms with E-state index >= 15 is 0 Å². The van der Waals surface area contributed by atoms with E-state index in [1.54, 1.807) is 54.7 Å². The number of hydrazone groups is 1. The van der Waals surface area contributed by atoms with Gasteiger partial charge in [0.15, 0.2) is 5.60 Å². The van der Waals surface area contributed by atoms with Gasteiger partial charge in [-0.25, -0.2) is 5.43 Å². The topological polar surface area (TPSA) is 77.5 Å².